The van der Waals surface area contributed by atoms with Crippen molar-refractivity contribution in [2.75, 3.05) is 6.54 Å². The van der Waals surface area contributed by atoms with Gasteiger partial charge in [0.2, 0.25) is 0 Å². The molecule has 1 heterocycles. The van der Waals surface area contributed by atoms with Gasteiger partial charge in [-0.05, 0) is 44.5 Å². The number of carbonyl (C=O) groups excluding carboxylic acids is 1. The molecule has 1 amide bonds. The number of amides is 1. The molecule has 0 saturated carbocycles. The van der Waals surface area contributed by atoms with Crippen molar-refractivity contribution in [3.05, 3.63) is 76.0 Å². The summed E-state index contributed by atoms with van der Waals surface area (Å²) in [7, 11) is 0. The van der Waals surface area contributed by atoms with Crippen molar-refractivity contribution in [3.8, 4) is 0 Å². The summed E-state index contributed by atoms with van der Waals surface area (Å²) in [6.45, 7) is 5.05. The number of rotatable bonds is 5. The van der Waals surface area contributed by atoms with Crippen LogP contribution in [0.15, 0.2) is 53.3 Å². The molecule has 6 nitrogen and oxygen atoms in total. The van der Waals surface area contributed by atoms with Crippen LogP contribution < -0.4 is 10.9 Å². The van der Waals surface area contributed by atoms with Gasteiger partial charge in [0.1, 0.15) is 11.4 Å². The molecule has 146 valence electrons. The van der Waals surface area contributed by atoms with Gasteiger partial charge >= 0.3 is 0 Å². The van der Waals surface area contributed by atoms with Crippen molar-refractivity contribution in [1.29, 1.82) is 0 Å². The van der Waals surface area contributed by atoms with Crippen molar-refractivity contribution in [2.24, 2.45) is 0 Å². The number of aromatic nitrogens is 2. The molecular weight excluding hydrogens is 361 g/mol. The molecule has 0 saturated heterocycles. The molecule has 1 aromatic heterocycles. The molecule has 0 aliphatic heterocycles. The summed E-state index contributed by atoms with van der Waals surface area (Å²) < 4.78 is 14.4. The van der Waals surface area contributed by atoms with Gasteiger partial charge in [-0.15, -0.1) is 0 Å². The lowest BCUT2D eigenvalue weighted by atomic mass is 9.96. The third-order valence-corrected chi connectivity index (χ3v) is 4.59. The number of fused-ring (bicyclic) bond motifs is 1. The van der Waals surface area contributed by atoms with E-state index in [0.29, 0.717) is 16.3 Å². The van der Waals surface area contributed by atoms with E-state index in [-0.39, 0.29) is 23.8 Å². The fourth-order valence-electron chi connectivity index (χ4n) is 2.97. The Balaban J connectivity index is 1.92. The molecule has 7 heteroatoms. The molecule has 3 rings (SSSR count). The smallest absolute Gasteiger partial charge is 0.274 e. The first kappa shape index (κ1) is 19.7. The van der Waals surface area contributed by atoms with Crippen molar-refractivity contribution in [3.63, 3.8) is 0 Å². The number of benzene rings is 2. The third kappa shape index (κ3) is 3.80. The van der Waals surface area contributed by atoms with Gasteiger partial charge in [0.15, 0.2) is 5.69 Å². The van der Waals surface area contributed by atoms with Gasteiger partial charge in [-0.25, -0.2) is 9.07 Å². The average Bonchev–Trinajstić information content (AvgIpc) is 2.67. The maximum atomic E-state index is 13.1. The van der Waals surface area contributed by atoms with Crippen LogP contribution in [0.1, 0.15) is 42.9 Å². The van der Waals surface area contributed by atoms with Gasteiger partial charge < -0.3 is 10.4 Å². The molecule has 0 aliphatic rings. The zero-order valence-corrected chi connectivity index (χ0v) is 15.9. The Morgan fingerprint density at radius 2 is 1.79 bits per heavy atom. The minimum absolute atomic E-state index is 0.103. The number of aliphatic hydroxyl groups is 1. The Morgan fingerprint density at radius 1 is 1.18 bits per heavy atom. The van der Waals surface area contributed by atoms with Crippen LogP contribution in [0.3, 0.4) is 0 Å². The third-order valence-electron chi connectivity index (χ3n) is 4.59. The summed E-state index contributed by atoms with van der Waals surface area (Å²) in [5.74, 6) is -0.914. The molecule has 1 atom stereocenters. The Hall–Kier alpha value is -3.06. The molecule has 0 aliphatic carbocycles. The molecule has 2 N–H and O–H groups in total. The highest BCUT2D eigenvalue weighted by atomic mass is 19.1. The van der Waals surface area contributed by atoms with E-state index in [1.807, 2.05) is 13.8 Å². The minimum Gasteiger partial charge on any atom is -0.384 e. The molecule has 0 bridgehead atoms. The van der Waals surface area contributed by atoms with Crippen molar-refractivity contribution in [1.82, 2.24) is 15.1 Å². The van der Waals surface area contributed by atoms with Gasteiger partial charge in [-0.1, -0.05) is 30.3 Å². The summed E-state index contributed by atoms with van der Waals surface area (Å²) >= 11 is 0. The van der Waals surface area contributed by atoms with E-state index in [2.05, 4.69) is 10.4 Å². The van der Waals surface area contributed by atoms with Crippen LogP contribution in [0.25, 0.3) is 10.8 Å². The molecule has 0 fully saturated rings. The van der Waals surface area contributed by atoms with Crippen molar-refractivity contribution < 1.29 is 14.3 Å². The Kier molecular flexibility index (Phi) is 5.29. The molecule has 0 radical (unpaired) electrons. The van der Waals surface area contributed by atoms with Crippen LogP contribution in [0.5, 0.6) is 0 Å². The van der Waals surface area contributed by atoms with E-state index in [0.717, 1.165) is 0 Å². The molecule has 28 heavy (non-hydrogen) atoms. The summed E-state index contributed by atoms with van der Waals surface area (Å²) in [4.78, 5) is 25.4. The van der Waals surface area contributed by atoms with E-state index >= 15 is 0 Å². The van der Waals surface area contributed by atoms with E-state index < -0.39 is 17.3 Å². The Morgan fingerprint density at radius 3 is 2.39 bits per heavy atom. The van der Waals surface area contributed by atoms with Gasteiger partial charge in [0.25, 0.3) is 11.5 Å². The standard InChI is InChI=1S/C21H22FN3O3/c1-13(2)25-20(27)17-7-5-4-6-16(17)18(24-25)19(26)23-12-21(3,28)14-8-10-15(22)11-9-14/h4-11,13,28H,12H2,1-3H3,(H,23,26)/t21-/m0/s1. The van der Waals surface area contributed by atoms with E-state index in [1.165, 1.54) is 35.9 Å². The molecule has 0 spiro atoms. The van der Waals surface area contributed by atoms with E-state index in [4.69, 9.17) is 0 Å². The lowest BCUT2D eigenvalue weighted by Gasteiger charge is -2.24. The normalized spacial score (nSPS) is 13.5. The van der Waals surface area contributed by atoms with Crippen LogP contribution in [-0.4, -0.2) is 27.3 Å². The predicted molar refractivity (Wildman–Crippen MR) is 105 cm³/mol. The van der Waals surface area contributed by atoms with Crippen LogP contribution in [0.4, 0.5) is 4.39 Å². The van der Waals surface area contributed by atoms with Crippen LogP contribution >= 0.6 is 0 Å². The monoisotopic (exact) mass is 383 g/mol. The number of hydrogen-bond acceptors (Lipinski definition) is 4. The van der Waals surface area contributed by atoms with Gasteiger partial charge in [-0.2, -0.15) is 5.10 Å². The highest BCUT2D eigenvalue weighted by Crippen LogP contribution is 2.20. The lowest BCUT2D eigenvalue weighted by Crippen LogP contribution is -2.40. The fourth-order valence-corrected chi connectivity index (χ4v) is 2.97. The quantitative estimate of drug-likeness (QED) is 0.710. The minimum atomic E-state index is -1.40. The highest BCUT2D eigenvalue weighted by molar-refractivity contribution is 6.04. The second kappa shape index (κ2) is 7.52. The largest absolute Gasteiger partial charge is 0.384 e. The Bertz CT molecular complexity index is 1070. The molecule has 0 unspecified atom stereocenters. The van der Waals surface area contributed by atoms with Crippen molar-refractivity contribution >= 4 is 16.7 Å². The fraction of sp³-hybridized carbons (Fsp3) is 0.286. The van der Waals surface area contributed by atoms with Crippen molar-refractivity contribution in [2.45, 2.75) is 32.4 Å². The van der Waals surface area contributed by atoms with Gasteiger partial charge in [-0.3, -0.25) is 9.59 Å². The summed E-state index contributed by atoms with van der Waals surface area (Å²) in [5, 5.41) is 18.4. The number of nitrogens with zero attached hydrogens (tertiary/aromatic N) is 2. The first-order valence-electron chi connectivity index (χ1n) is 8.99. The zero-order valence-electron chi connectivity index (χ0n) is 15.9. The second-order valence-corrected chi connectivity index (χ2v) is 7.20. The molecular formula is C21H22FN3O3. The highest BCUT2D eigenvalue weighted by Gasteiger charge is 2.25. The molecule has 2 aromatic carbocycles. The molecule has 3 aromatic rings. The zero-order chi connectivity index (χ0) is 20.5. The Labute approximate surface area is 161 Å². The number of carbonyl (C=O) groups is 1. The van der Waals surface area contributed by atoms with Gasteiger partial charge in [0.05, 0.1) is 18.0 Å². The lowest BCUT2D eigenvalue weighted by molar-refractivity contribution is 0.0524. The number of hydrogen-bond donors (Lipinski definition) is 2. The summed E-state index contributed by atoms with van der Waals surface area (Å²) in [6.07, 6.45) is 0. The number of halogens is 1. The van der Waals surface area contributed by atoms with Crippen LogP contribution in [0, 0.1) is 5.82 Å². The topological polar surface area (TPSA) is 84.2 Å². The maximum Gasteiger partial charge on any atom is 0.274 e. The number of nitrogens with one attached hydrogen (secondary N) is 1. The summed E-state index contributed by atoms with van der Waals surface area (Å²) in [5.41, 5.74) is -1.08. The van der Waals surface area contributed by atoms with E-state index in [9.17, 15) is 19.1 Å². The average molecular weight is 383 g/mol. The van der Waals surface area contributed by atoms with E-state index in [1.54, 1.807) is 24.3 Å². The van der Waals surface area contributed by atoms with Crippen LogP contribution in [-0.2, 0) is 5.60 Å². The predicted octanol–water partition coefficient (Wildman–Crippen LogP) is 2.75. The SMILES string of the molecule is CC(C)n1nc(C(=O)NC[C@](C)(O)c2ccc(F)cc2)c2ccccc2c1=O. The first-order valence-corrected chi connectivity index (χ1v) is 8.99. The van der Waals surface area contributed by atoms with Gasteiger partial charge in [0, 0.05) is 5.39 Å². The first-order chi connectivity index (χ1) is 13.2. The summed E-state index contributed by atoms with van der Waals surface area (Å²) in [6, 6.07) is 12.0. The maximum absolute atomic E-state index is 13.1. The second-order valence-electron chi connectivity index (χ2n) is 7.20. The van der Waals surface area contributed by atoms with Crippen LogP contribution in [0.2, 0.25) is 0 Å².